The van der Waals surface area contributed by atoms with E-state index in [1.54, 1.807) is 0 Å². The van der Waals surface area contributed by atoms with Crippen LogP contribution in [0.15, 0.2) is 54.6 Å². The van der Waals surface area contributed by atoms with Gasteiger partial charge in [0, 0.05) is 5.56 Å². The van der Waals surface area contributed by atoms with Gasteiger partial charge in [0.1, 0.15) is 0 Å². The lowest BCUT2D eigenvalue weighted by Gasteiger charge is -2.05. The van der Waals surface area contributed by atoms with Gasteiger partial charge >= 0.3 is 0 Å². The Kier molecular flexibility index (Phi) is 3.73. The summed E-state index contributed by atoms with van der Waals surface area (Å²) >= 11 is 0. The first-order chi connectivity index (χ1) is 8.90. The number of fused-ring (bicyclic) bond motifs is 3. The van der Waals surface area contributed by atoms with Crippen molar-refractivity contribution in [3.8, 4) is 0 Å². The second kappa shape index (κ2) is 5.46. The predicted molar refractivity (Wildman–Crippen MR) is 78.2 cm³/mol. The number of benzene rings is 3. The number of carbonyl (C=O) groups excluding carboxylic acids is 1. The summed E-state index contributed by atoms with van der Waals surface area (Å²) < 4.78 is 0. The van der Waals surface area contributed by atoms with Gasteiger partial charge in [-0.05, 0) is 27.6 Å². The van der Waals surface area contributed by atoms with E-state index in [4.69, 9.17) is 0 Å². The van der Waals surface area contributed by atoms with Gasteiger partial charge in [-0.15, -0.1) is 0 Å². The van der Waals surface area contributed by atoms with E-state index < -0.39 is 0 Å². The van der Waals surface area contributed by atoms with Gasteiger partial charge in [0.05, 0.1) is 0 Å². The molecule has 0 amide bonds. The van der Waals surface area contributed by atoms with Crippen LogP contribution in [0.1, 0.15) is 24.2 Å². The fourth-order valence-electron chi connectivity index (χ4n) is 2.18. The van der Waals surface area contributed by atoms with Crippen molar-refractivity contribution in [1.29, 1.82) is 0 Å². The maximum absolute atomic E-state index is 11.1. The summed E-state index contributed by atoms with van der Waals surface area (Å²) in [7, 11) is 0. The van der Waals surface area contributed by atoms with Crippen LogP contribution in [-0.2, 0) is 0 Å². The van der Waals surface area contributed by atoms with Gasteiger partial charge in [-0.1, -0.05) is 62.4 Å². The number of hydrogen-bond acceptors (Lipinski definition) is 1. The van der Waals surface area contributed by atoms with Crippen LogP contribution in [0.25, 0.3) is 21.5 Å². The molecule has 0 aromatic heterocycles. The summed E-state index contributed by atoms with van der Waals surface area (Å²) in [6.45, 7) is 4.00. The minimum absolute atomic E-state index is 0.759. The SMILES string of the molecule is CC.O=Cc1cc2ccccc2c2ccccc12. The molecule has 1 heteroatoms. The molecule has 0 atom stereocenters. The Morgan fingerprint density at radius 3 is 2.00 bits per heavy atom. The van der Waals surface area contributed by atoms with Crippen molar-refractivity contribution in [3.63, 3.8) is 0 Å². The van der Waals surface area contributed by atoms with Gasteiger partial charge in [0.2, 0.25) is 0 Å². The number of rotatable bonds is 1. The van der Waals surface area contributed by atoms with Gasteiger partial charge in [0.25, 0.3) is 0 Å². The van der Waals surface area contributed by atoms with Gasteiger partial charge in [-0.2, -0.15) is 0 Å². The van der Waals surface area contributed by atoms with Crippen molar-refractivity contribution >= 4 is 27.8 Å². The molecule has 0 radical (unpaired) electrons. The summed E-state index contributed by atoms with van der Waals surface area (Å²) in [4.78, 5) is 11.1. The Labute approximate surface area is 107 Å². The third kappa shape index (κ3) is 2.00. The molecule has 0 saturated heterocycles. The maximum Gasteiger partial charge on any atom is 0.150 e. The molecule has 0 aliphatic heterocycles. The predicted octanol–water partition coefficient (Wildman–Crippen LogP) is 4.83. The third-order valence-corrected chi connectivity index (χ3v) is 2.93. The number of aldehydes is 1. The molecule has 0 aliphatic rings. The Balaban J connectivity index is 0.000000574. The van der Waals surface area contributed by atoms with Gasteiger partial charge in [-0.3, -0.25) is 4.79 Å². The van der Waals surface area contributed by atoms with Gasteiger partial charge in [-0.25, -0.2) is 0 Å². The Hall–Kier alpha value is -2.15. The zero-order valence-corrected chi connectivity index (χ0v) is 10.7. The highest BCUT2D eigenvalue weighted by atomic mass is 16.1. The summed E-state index contributed by atoms with van der Waals surface area (Å²) in [6.07, 6.45) is 0.925. The van der Waals surface area contributed by atoms with E-state index in [0.717, 1.165) is 28.0 Å². The maximum atomic E-state index is 11.1. The van der Waals surface area contributed by atoms with Crippen LogP contribution in [0, 0.1) is 0 Å². The molecule has 0 spiro atoms. The molecule has 0 heterocycles. The van der Waals surface area contributed by atoms with Crippen molar-refractivity contribution in [1.82, 2.24) is 0 Å². The molecule has 0 aliphatic carbocycles. The molecule has 0 bridgehead atoms. The van der Waals surface area contributed by atoms with E-state index in [-0.39, 0.29) is 0 Å². The lowest BCUT2D eigenvalue weighted by atomic mass is 9.98. The monoisotopic (exact) mass is 236 g/mol. The molecule has 3 aromatic carbocycles. The molecule has 3 aromatic rings. The summed E-state index contributed by atoms with van der Waals surface area (Å²) in [5, 5.41) is 4.48. The van der Waals surface area contributed by atoms with Crippen molar-refractivity contribution < 1.29 is 4.79 Å². The minimum atomic E-state index is 0.759. The number of carbonyl (C=O) groups is 1. The van der Waals surface area contributed by atoms with Crippen molar-refractivity contribution in [2.45, 2.75) is 13.8 Å². The second-order valence-corrected chi connectivity index (χ2v) is 3.85. The smallest absolute Gasteiger partial charge is 0.150 e. The average Bonchev–Trinajstić information content (AvgIpc) is 2.48. The Morgan fingerprint density at radius 1 is 0.778 bits per heavy atom. The van der Waals surface area contributed by atoms with Crippen LogP contribution in [0.5, 0.6) is 0 Å². The van der Waals surface area contributed by atoms with Crippen molar-refractivity contribution in [2.24, 2.45) is 0 Å². The molecule has 0 saturated carbocycles. The molecule has 0 unspecified atom stereocenters. The molecular weight excluding hydrogens is 220 g/mol. The normalized spacial score (nSPS) is 9.89. The summed E-state index contributed by atoms with van der Waals surface area (Å²) in [5.74, 6) is 0. The quantitative estimate of drug-likeness (QED) is 0.437. The fourth-order valence-corrected chi connectivity index (χ4v) is 2.18. The first-order valence-electron chi connectivity index (χ1n) is 6.26. The van der Waals surface area contributed by atoms with E-state index >= 15 is 0 Å². The molecule has 0 N–H and O–H groups in total. The van der Waals surface area contributed by atoms with E-state index in [9.17, 15) is 4.79 Å². The molecule has 1 nitrogen and oxygen atoms in total. The van der Waals surface area contributed by atoms with E-state index in [0.29, 0.717) is 0 Å². The van der Waals surface area contributed by atoms with Crippen molar-refractivity contribution in [2.75, 3.05) is 0 Å². The zero-order chi connectivity index (χ0) is 13.0. The van der Waals surface area contributed by atoms with Crippen LogP contribution in [0.3, 0.4) is 0 Å². The fraction of sp³-hybridized carbons (Fsp3) is 0.118. The highest BCUT2D eigenvalue weighted by molar-refractivity contribution is 6.13. The third-order valence-electron chi connectivity index (χ3n) is 2.93. The molecule has 3 rings (SSSR count). The van der Waals surface area contributed by atoms with Crippen LogP contribution < -0.4 is 0 Å². The van der Waals surface area contributed by atoms with Crippen LogP contribution in [0.4, 0.5) is 0 Å². The minimum Gasteiger partial charge on any atom is -0.298 e. The number of hydrogen-bond donors (Lipinski definition) is 0. The molecule has 18 heavy (non-hydrogen) atoms. The van der Waals surface area contributed by atoms with E-state index in [1.807, 2.05) is 56.3 Å². The van der Waals surface area contributed by atoms with Crippen LogP contribution >= 0.6 is 0 Å². The van der Waals surface area contributed by atoms with E-state index in [2.05, 4.69) is 12.1 Å². The van der Waals surface area contributed by atoms with Gasteiger partial charge in [0.15, 0.2) is 6.29 Å². The summed E-state index contributed by atoms with van der Waals surface area (Å²) in [6, 6.07) is 18.1. The van der Waals surface area contributed by atoms with Gasteiger partial charge < -0.3 is 0 Å². The standard InChI is InChI=1S/C15H10O.C2H6/c16-10-12-9-11-5-1-2-6-13(11)15-8-4-3-7-14(12)15;1-2/h1-10H;1-2H3. The molecule has 0 fully saturated rings. The highest BCUT2D eigenvalue weighted by Crippen LogP contribution is 2.27. The highest BCUT2D eigenvalue weighted by Gasteiger charge is 2.04. The van der Waals surface area contributed by atoms with Crippen LogP contribution in [0.2, 0.25) is 0 Å². The summed E-state index contributed by atoms with van der Waals surface area (Å²) in [5.41, 5.74) is 0.759. The lowest BCUT2D eigenvalue weighted by Crippen LogP contribution is -1.85. The van der Waals surface area contributed by atoms with E-state index in [1.165, 1.54) is 5.39 Å². The first-order valence-corrected chi connectivity index (χ1v) is 6.26. The topological polar surface area (TPSA) is 17.1 Å². The largest absolute Gasteiger partial charge is 0.298 e. The average molecular weight is 236 g/mol. The molecule has 90 valence electrons. The second-order valence-electron chi connectivity index (χ2n) is 3.85. The van der Waals surface area contributed by atoms with Crippen molar-refractivity contribution in [3.05, 3.63) is 60.2 Å². The Bertz CT molecular complexity index is 683. The lowest BCUT2D eigenvalue weighted by molar-refractivity contribution is 0.112. The first kappa shape index (κ1) is 12.3. The molecular formula is C17H16O. The zero-order valence-electron chi connectivity index (χ0n) is 10.7. The Morgan fingerprint density at radius 2 is 1.33 bits per heavy atom. The van der Waals surface area contributed by atoms with Crippen LogP contribution in [-0.4, -0.2) is 6.29 Å².